The van der Waals surface area contributed by atoms with E-state index in [-0.39, 0.29) is 5.78 Å². The Morgan fingerprint density at radius 1 is 1.00 bits per heavy atom. The van der Waals surface area contributed by atoms with Gasteiger partial charge in [-0.05, 0) is 51.9 Å². The molecule has 2 nitrogen and oxygen atoms in total. The van der Waals surface area contributed by atoms with Crippen LogP contribution in [0.25, 0.3) is 0 Å². The van der Waals surface area contributed by atoms with Crippen molar-refractivity contribution in [3.8, 4) is 0 Å². The van der Waals surface area contributed by atoms with Crippen molar-refractivity contribution in [3.05, 3.63) is 68.3 Å². The van der Waals surface area contributed by atoms with Crippen molar-refractivity contribution in [2.24, 2.45) is 0 Å². The van der Waals surface area contributed by atoms with Gasteiger partial charge in [0.25, 0.3) is 0 Å². The molecule has 0 fully saturated rings. The highest BCUT2D eigenvalue weighted by Crippen LogP contribution is 2.22. The van der Waals surface area contributed by atoms with Crippen molar-refractivity contribution in [3.63, 3.8) is 0 Å². The molecule has 0 amide bonds. The number of ketones is 1. The number of carbonyl (C=O) groups is 1. The fraction of sp³-hybridized carbons (Fsp3) is 0.133. The van der Waals surface area contributed by atoms with Gasteiger partial charge in [-0.25, -0.2) is 0 Å². The Hall–Kier alpha value is -1.20. The summed E-state index contributed by atoms with van der Waals surface area (Å²) in [5.41, 5.74) is 3.79. The Bertz CT molecular complexity index is 620. The fourth-order valence-electron chi connectivity index (χ4n) is 2.11. The molecular weight excluding hydrogens is 339 g/mol. The van der Waals surface area contributed by atoms with Gasteiger partial charge in [-0.1, -0.05) is 24.3 Å². The standard InChI is InChI=1S/C15H11IO2/c16-14-3-1-2-10(7-14)15(17)11-4-5-12-8-18-9-13(12)6-11/h1-7H,8-9H2. The van der Waals surface area contributed by atoms with Gasteiger partial charge in [-0.2, -0.15) is 0 Å². The van der Waals surface area contributed by atoms with Crippen LogP contribution in [0.15, 0.2) is 42.5 Å². The number of halogens is 1. The van der Waals surface area contributed by atoms with Gasteiger partial charge in [0.2, 0.25) is 0 Å². The van der Waals surface area contributed by atoms with Crippen LogP contribution < -0.4 is 0 Å². The molecule has 0 aliphatic carbocycles. The molecule has 0 spiro atoms. The topological polar surface area (TPSA) is 26.3 Å². The van der Waals surface area contributed by atoms with Gasteiger partial charge in [-0.3, -0.25) is 4.79 Å². The molecule has 2 aromatic rings. The maximum absolute atomic E-state index is 12.4. The lowest BCUT2D eigenvalue weighted by atomic mass is 9.99. The van der Waals surface area contributed by atoms with Crippen LogP contribution in [0, 0.1) is 3.57 Å². The van der Waals surface area contributed by atoms with E-state index in [9.17, 15) is 4.79 Å². The first-order chi connectivity index (χ1) is 8.74. The van der Waals surface area contributed by atoms with Crippen LogP contribution >= 0.6 is 22.6 Å². The molecule has 1 aliphatic rings. The maximum Gasteiger partial charge on any atom is 0.193 e. The van der Waals surface area contributed by atoms with E-state index in [0.29, 0.717) is 13.2 Å². The molecule has 3 rings (SSSR count). The SMILES string of the molecule is O=C(c1cccc(I)c1)c1ccc2c(c1)COC2. The maximum atomic E-state index is 12.4. The van der Waals surface area contributed by atoms with E-state index in [0.717, 1.165) is 20.3 Å². The van der Waals surface area contributed by atoms with Crippen LogP contribution in [-0.2, 0) is 18.0 Å². The molecule has 0 aromatic heterocycles. The smallest absolute Gasteiger partial charge is 0.193 e. The molecule has 0 saturated heterocycles. The first kappa shape index (κ1) is 11.9. The van der Waals surface area contributed by atoms with Crippen molar-refractivity contribution in [2.45, 2.75) is 13.2 Å². The monoisotopic (exact) mass is 350 g/mol. The third-order valence-corrected chi connectivity index (χ3v) is 3.74. The average Bonchev–Trinajstić information content (AvgIpc) is 2.85. The molecule has 90 valence electrons. The fourth-order valence-corrected chi connectivity index (χ4v) is 2.65. The van der Waals surface area contributed by atoms with E-state index in [1.165, 1.54) is 5.56 Å². The van der Waals surface area contributed by atoms with Crippen LogP contribution in [0.4, 0.5) is 0 Å². The lowest BCUT2D eigenvalue weighted by molar-refractivity contribution is 0.103. The Labute approximate surface area is 119 Å². The molecule has 3 heteroatoms. The first-order valence-corrected chi connectivity index (χ1v) is 6.82. The molecule has 0 bridgehead atoms. The molecule has 2 aromatic carbocycles. The molecule has 1 aliphatic heterocycles. The number of benzene rings is 2. The largest absolute Gasteiger partial charge is 0.372 e. The van der Waals surface area contributed by atoms with Gasteiger partial charge in [0.15, 0.2) is 5.78 Å². The van der Waals surface area contributed by atoms with Gasteiger partial charge in [-0.15, -0.1) is 0 Å². The minimum Gasteiger partial charge on any atom is -0.372 e. The van der Waals surface area contributed by atoms with E-state index >= 15 is 0 Å². The van der Waals surface area contributed by atoms with Crippen molar-refractivity contribution in [1.82, 2.24) is 0 Å². The predicted octanol–water partition coefficient (Wildman–Crippen LogP) is 3.55. The molecule has 0 atom stereocenters. The number of hydrogen-bond acceptors (Lipinski definition) is 2. The summed E-state index contributed by atoms with van der Waals surface area (Å²) < 4.78 is 6.43. The summed E-state index contributed by atoms with van der Waals surface area (Å²) in [6, 6.07) is 13.5. The molecule has 0 unspecified atom stereocenters. The minimum absolute atomic E-state index is 0.0724. The van der Waals surface area contributed by atoms with Crippen LogP contribution in [-0.4, -0.2) is 5.78 Å². The summed E-state index contributed by atoms with van der Waals surface area (Å²) in [5.74, 6) is 0.0724. The summed E-state index contributed by atoms with van der Waals surface area (Å²) in [4.78, 5) is 12.4. The van der Waals surface area contributed by atoms with Crippen LogP contribution in [0.1, 0.15) is 27.0 Å². The molecule has 0 saturated carbocycles. The lowest BCUT2D eigenvalue weighted by Crippen LogP contribution is -2.02. The molecule has 0 N–H and O–H groups in total. The number of hydrogen-bond donors (Lipinski definition) is 0. The summed E-state index contributed by atoms with van der Waals surface area (Å²) in [6.07, 6.45) is 0. The highest BCUT2D eigenvalue weighted by Gasteiger charge is 2.15. The van der Waals surface area contributed by atoms with Crippen molar-refractivity contribution in [2.75, 3.05) is 0 Å². The van der Waals surface area contributed by atoms with Crippen molar-refractivity contribution >= 4 is 28.4 Å². The Kier molecular flexibility index (Phi) is 3.18. The normalized spacial score (nSPS) is 13.4. The number of carbonyl (C=O) groups excluding carboxylic acids is 1. The Morgan fingerprint density at radius 2 is 1.78 bits per heavy atom. The third kappa shape index (κ3) is 2.20. The second-order valence-corrected chi connectivity index (χ2v) is 5.56. The Morgan fingerprint density at radius 3 is 2.61 bits per heavy atom. The first-order valence-electron chi connectivity index (χ1n) is 5.74. The van der Waals surface area contributed by atoms with Gasteiger partial charge in [0, 0.05) is 14.7 Å². The van der Waals surface area contributed by atoms with Crippen LogP contribution in [0.2, 0.25) is 0 Å². The van der Waals surface area contributed by atoms with E-state index in [1.54, 1.807) is 0 Å². The number of fused-ring (bicyclic) bond motifs is 1. The van der Waals surface area contributed by atoms with E-state index in [4.69, 9.17) is 4.74 Å². The zero-order chi connectivity index (χ0) is 12.5. The summed E-state index contributed by atoms with van der Waals surface area (Å²) in [5, 5.41) is 0. The van der Waals surface area contributed by atoms with Gasteiger partial charge in [0.05, 0.1) is 13.2 Å². The second-order valence-electron chi connectivity index (χ2n) is 4.32. The van der Waals surface area contributed by atoms with E-state index in [2.05, 4.69) is 22.6 Å². The Balaban J connectivity index is 1.98. The van der Waals surface area contributed by atoms with Crippen LogP contribution in [0.3, 0.4) is 0 Å². The summed E-state index contributed by atoms with van der Waals surface area (Å²) in [6.45, 7) is 1.27. The zero-order valence-electron chi connectivity index (χ0n) is 9.65. The third-order valence-electron chi connectivity index (χ3n) is 3.07. The molecular formula is C15H11IO2. The summed E-state index contributed by atoms with van der Waals surface area (Å²) in [7, 11) is 0. The van der Waals surface area contributed by atoms with Crippen molar-refractivity contribution < 1.29 is 9.53 Å². The summed E-state index contributed by atoms with van der Waals surface area (Å²) >= 11 is 2.22. The van der Waals surface area contributed by atoms with Gasteiger partial charge < -0.3 is 4.74 Å². The number of ether oxygens (including phenoxy) is 1. The lowest BCUT2D eigenvalue weighted by Gasteiger charge is -2.04. The molecule has 0 radical (unpaired) electrons. The van der Waals surface area contributed by atoms with Crippen LogP contribution in [0.5, 0.6) is 0 Å². The molecule has 18 heavy (non-hydrogen) atoms. The quantitative estimate of drug-likeness (QED) is 0.612. The van der Waals surface area contributed by atoms with E-state index in [1.807, 2.05) is 42.5 Å². The predicted molar refractivity (Wildman–Crippen MR) is 77.5 cm³/mol. The highest BCUT2D eigenvalue weighted by atomic mass is 127. The van der Waals surface area contributed by atoms with Gasteiger partial charge in [0.1, 0.15) is 0 Å². The number of rotatable bonds is 2. The minimum atomic E-state index is 0.0724. The zero-order valence-corrected chi connectivity index (χ0v) is 11.8. The van der Waals surface area contributed by atoms with Gasteiger partial charge >= 0.3 is 0 Å². The second kappa shape index (κ2) is 4.82. The molecule has 1 heterocycles. The van der Waals surface area contributed by atoms with E-state index < -0.39 is 0 Å². The highest BCUT2D eigenvalue weighted by molar-refractivity contribution is 14.1. The average molecular weight is 350 g/mol. The van der Waals surface area contributed by atoms with Crippen molar-refractivity contribution in [1.29, 1.82) is 0 Å².